The van der Waals surface area contributed by atoms with E-state index in [0.717, 1.165) is 24.5 Å². The van der Waals surface area contributed by atoms with E-state index in [9.17, 15) is 4.39 Å². The molecule has 21 heavy (non-hydrogen) atoms. The molecule has 3 nitrogen and oxygen atoms in total. The molecule has 0 aromatic heterocycles. The molecule has 1 aromatic carbocycles. The van der Waals surface area contributed by atoms with Crippen molar-refractivity contribution in [2.45, 2.75) is 45.6 Å². The predicted molar refractivity (Wildman–Crippen MR) is 99.1 cm³/mol. The Kier molecular flexibility index (Phi) is 8.85. The summed E-state index contributed by atoms with van der Waals surface area (Å²) < 4.78 is 13.0. The van der Waals surface area contributed by atoms with Gasteiger partial charge in [0.2, 0.25) is 0 Å². The Morgan fingerprint density at radius 1 is 1.29 bits per heavy atom. The van der Waals surface area contributed by atoms with Gasteiger partial charge in [0.25, 0.3) is 0 Å². The summed E-state index contributed by atoms with van der Waals surface area (Å²) in [7, 11) is 1.77. The molecule has 0 heterocycles. The lowest BCUT2D eigenvalue weighted by atomic mass is 9.84. The molecule has 0 amide bonds. The molecular weight excluding hydrogens is 380 g/mol. The van der Waals surface area contributed by atoms with Crippen LogP contribution in [-0.2, 0) is 5.41 Å². The number of benzene rings is 1. The maximum atomic E-state index is 13.0. The molecule has 0 saturated carbocycles. The summed E-state index contributed by atoms with van der Waals surface area (Å²) in [6, 6.07) is 7.06. The lowest BCUT2D eigenvalue weighted by Gasteiger charge is -2.27. The Morgan fingerprint density at radius 3 is 2.33 bits per heavy atom. The zero-order chi connectivity index (χ0) is 15.2. The van der Waals surface area contributed by atoms with Crippen LogP contribution in [0, 0.1) is 5.82 Å². The average molecular weight is 407 g/mol. The first-order valence-corrected chi connectivity index (χ1v) is 7.12. The maximum Gasteiger partial charge on any atom is 0.191 e. The number of halogens is 2. The molecule has 0 bridgehead atoms. The molecule has 0 aliphatic rings. The Balaban J connectivity index is 0.00000400. The summed E-state index contributed by atoms with van der Waals surface area (Å²) in [6.45, 7) is 9.24. The minimum atomic E-state index is -0.202. The summed E-state index contributed by atoms with van der Waals surface area (Å²) in [5.74, 6) is 0.598. The van der Waals surface area contributed by atoms with Crippen molar-refractivity contribution in [2.75, 3.05) is 13.6 Å². The number of nitrogens with one attached hydrogen (secondary N) is 2. The Hall–Kier alpha value is -0.850. The first kappa shape index (κ1) is 20.1. The standard InChI is InChI=1S/C16H26FN3.HI/c1-6-12(2)20-15(18-5)19-11-16(3,4)13-7-9-14(17)10-8-13;/h7-10,12H,6,11H2,1-5H3,(H2,18,19,20);1H. The third kappa shape index (κ3) is 6.63. The summed E-state index contributed by atoms with van der Waals surface area (Å²) in [6.07, 6.45) is 1.04. The molecule has 0 aliphatic heterocycles. The van der Waals surface area contributed by atoms with E-state index >= 15 is 0 Å². The van der Waals surface area contributed by atoms with Gasteiger partial charge in [-0.1, -0.05) is 32.9 Å². The SMILES string of the molecule is CCC(C)NC(=NC)NCC(C)(C)c1ccc(F)cc1.I. The van der Waals surface area contributed by atoms with Crippen molar-refractivity contribution >= 4 is 29.9 Å². The molecule has 0 spiro atoms. The monoisotopic (exact) mass is 407 g/mol. The molecule has 1 atom stereocenters. The second-order valence-corrected chi connectivity index (χ2v) is 5.77. The lowest BCUT2D eigenvalue weighted by molar-refractivity contribution is 0.502. The van der Waals surface area contributed by atoms with Gasteiger partial charge in [-0.3, -0.25) is 4.99 Å². The number of aliphatic imine (C=N–C) groups is 1. The van der Waals surface area contributed by atoms with Gasteiger partial charge in [0.05, 0.1) is 0 Å². The minimum Gasteiger partial charge on any atom is -0.356 e. The van der Waals surface area contributed by atoms with Crippen LogP contribution in [-0.4, -0.2) is 25.6 Å². The first-order chi connectivity index (χ1) is 9.39. The van der Waals surface area contributed by atoms with Crippen LogP contribution >= 0.6 is 24.0 Å². The highest BCUT2D eigenvalue weighted by molar-refractivity contribution is 14.0. The van der Waals surface area contributed by atoms with Gasteiger partial charge in [-0.2, -0.15) is 0 Å². The van der Waals surface area contributed by atoms with E-state index in [4.69, 9.17) is 0 Å². The van der Waals surface area contributed by atoms with Gasteiger partial charge < -0.3 is 10.6 Å². The fourth-order valence-electron chi connectivity index (χ4n) is 1.84. The van der Waals surface area contributed by atoms with Gasteiger partial charge in [-0.15, -0.1) is 24.0 Å². The summed E-state index contributed by atoms with van der Waals surface area (Å²) >= 11 is 0. The fraction of sp³-hybridized carbons (Fsp3) is 0.562. The molecule has 0 fully saturated rings. The van der Waals surface area contributed by atoms with Gasteiger partial charge in [0.15, 0.2) is 5.96 Å². The third-order valence-electron chi connectivity index (χ3n) is 3.54. The largest absolute Gasteiger partial charge is 0.356 e. The zero-order valence-electron chi connectivity index (χ0n) is 13.5. The smallest absolute Gasteiger partial charge is 0.191 e. The van der Waals surface area contributed by atoms with E-state index in [0.29, 0.717) is 6.04 Å². The molecule has 0 aliphatic carbocycles. The van der Waals surface area contributed by atoms with Crippen molar-refractivity contribution in [3.05, 3.63) is 35.6 Å². The lowest BCUT2D eigenvalue weighted by Crippen LogP contribution is -2.46. The maximum absolute atomic E-state index is 13.0. The molecule has 1 unspecified atom stereocenters. The van der Waals surface area contributed by atoms with E-state index < -0.39 is 0 Å². The van der Waals surface area contributed by atoms with Gasteiger partial charge >= 0.3 is 0 Å². The van der Waals surface area contributed by atoms with Crippen LogP contribution in [0.2, 0.25) is 0 Å². The molecule has 2 N–H and O–H groups in total. The predicted octanol–water partition coefficient (Wildman–Crippen LogP) is 3.68. The summed E-state index contributed by atoms with van der Waals surface area (Å²) in [4.78, 5) is 4.22. The molecule has 5 heteroatoms. The van der Waals surface area contributed by atoms with E-state index in [1.165, 1.54) is 12.1 Å². The van der Waals surface area contributed by atoms with E-state index in [1.807, 2.05) is 12.1 Å². The Morgan fingerprint density at radius 2 is 1.86 bits per heavy atom. The normalized spacial score (nSPS) is 13.3. The van der Waals surface area contributed by atoms with Crippen molar-refractivity contribution < 1.29 is 4.39 Å². The molecule has 1 aromatic rings. The summed E-state index contributed by atoms with van der Waals surface area (Å²) in [5.41, 5.74) is 1.01. The number of guanidine groups is 1. The first-order valence-electron chi connectivity index (χ1n) is 7.12. The molecule has 0 radical (unpaired) electrons. The topological polar surface area (TPSA) is 36.4 Å². The fourth-order valence-corrected chi connectivity index (χ4v) is 1.84. The van der Waals surface area contributed by atoms with Gasteiger partial charge in [-0.05, 0) is 31.0 Å². The second kappa shape index (κ2) is 9.23. The van der Waals surface area contributed by atoms with Crippen LogP contribution in [0.5, 0.6) is 0 Å². The highest BCUT2D eigenvalue weighted by Gasteiger charge is 2.21. The van der Waals surface area contributed by atoms with Crippen molar-refractivity contribution in [2.24, 2.45) is 4.99 Å². The highest BCUT2D eigenvalue weighted by atomic mass is 127. The molecule has 1 rings (SSSR count). The second-order valence-electron chi connectivity index (χ2n) is 5.77. The molecule has 120 valence electrons. The van der Waals surface area contributed by atoms with Crippen molar-refractivity contribution in [1.82, 2.24) is 10.6 Å². The van der Waals surface area contributed by atoms with Crippen LogP contribution in [0.25, 0.3) is 0 Å². The van der Waals surface area contributed by atoms with Gasteiger partial charge in [-0.25, -0.2) is 4.39 Å². The van der Waals surface area contributed by atoms with Crippen LogP contribution in [0.4, 0.5) is 4.39 Å². The Bertz CT molecular complexity index is 443. The van der Waals surface area contributed by atoms with Crippen molar-refractivity contribution in [1.29, 1.82) is 0 Å². The van der Waals surface area contributed by atoms with Gasteiger partial charge in [0.1, 0.15) is 5.82 Å². The van der Waals surface area contributed by atoms with Crippen molar-refractivity contribution in [3.63, 3.8) is 0 Å². The van der Waals surface area contributed by atoms with Crippen molar-refractivity contribution in [3.8, 4) is 0 Å². The highest BCUT2D eigenvalue weighted by Crippen LogP contribution is 2.22. The van der Waals surface area contributed by atoms with Crippen LogP contribution in [0.3, 0.4) is 0 Å². The van der Waals surface area contributed by atoms with E-state index in [2.05, 4.69) is 43.3 Å². The number of nitrogens with zero attached hydrogens (tertiary/aromatic N) is 1. The quantitative estimate of drug-likeness (QED) is 0.444. The third-order valence-corrected chi connectivity index (χ3v) is 3.54. The number of rotatable bonds is 5. The number of hydrogen-bond acceptors (Lipinski definition) is 1. The Labute approximate surface area is 144 Å². The van der Waals surface area contributed by atoms with Gasteiger partial charge in [0, 0.05) is 25.0 Å². The van der Waals surface area contributed by atoms with E-state index in [1.54, 1.807) is 7.05 Å². The van der Waals surface area contributed by atoms with Crippen LogP contribution < -0.4 is 10.6 Å². The zero-order valence-corrected chi connectivity index (χ0v) is 15.9. The van der Waals surface area contributed by atoms with Crippen LogP contribution in [0.1, 0.15) is 39.7 Å². The number of hydrogen-bond donors (Lipinski definition) is 2. The van der Waals surface area contributed by atoms with E-state index in [-0.39, 0.29) is 35.2 Å². The van der Waals surface area contributed by atoms with Crippen LogP contribution in [0.15, 0.2) is 29.3 Å². The molecule has 0 saturated heterocycles. The molecular formula is C16H27FIN3. The summed E-state index contributed by atoms with van der Waals surface area (Å²) in [5, 5.41) is 6.66. The average Bonchev–Trinajstić information content (AvgIpc) is 2.43. The minimum absolute atomic E-state index is 0.